The molecule has 0 fully saturated rings. The molecule has 0 bridgehead atoms. The lowest BCUT2D eigenvalue weighted by Gasteiger charge is -2.18. The second kappa shape index (κ2) is 6.23. The first kappa shape index (κ1) is 14.1. The van der Waals surface area contributed by atoms with Crippen molar-refractivity contribution in [3.63, 3.8) is 0 Å². The molecule has 0 saturated carbocycles. The Bertz CT molecular complexity index is 544. The van der Waals surface area contributed by atoms with Gasteiger partial charge in [-0.2, -0.15) is 0 Å². The highest BCUT2D eigenvalue weighted by Crippen LogP contribution is 2.34. The topological polar surface area (TPSA) is 21.3 Å². The van der Waals surface area contributed by atoms with Crippen LogP contribution < -0.4 is 10.1 Å². The Kier molecular flexibility index (Phi) is 4.89. The third-order valence-electron chi connectivity index (χ3n) is 2.71. The Morgan fingerprint density at radius 1 is 1.39 bits per heavy atom. The van der Waals surface area contributed by atoms with Gasteiger partial charge in [0.25, 0.3) is 0 Å². The van der Waals surface area contributed by atoms with Crippen LogP contribution in [0.25, 0.3) is 0 Å². The minimum atomic E-state index is 0.0958. The van der Waals surface area contributed by atoms with Crippen molar-refractivity contribution in [2.75, 3.05) is 14.2 Å². The molecule has 0 spiro atoms. The fourth-order valence-corrected chi connectivity index (χ4v) is 3.49. The lowest BCUT2D eigenvalue weighted by Crippen LogP contribution is -2.17. The summed E-state index contributed by atoms with van der Waals surface area (Å²) < 4.78 is 6.68. The van der Waals surface area contributed by atoms with E-state index in [2.05, 4.69) is 39.4 Å². The molecule has 0 amide bonds. The van der Waals surface area contributed by atoms with Gasteiger partial charge in [0.05, 0.1) is 16.0 Å². The maximum Gasteiger partial charge on any atom is 0.124 e. The lowest BCUT2D eigenvalue weighted by atomic mass is 10.0. The van der Waals surface area contributed by atoms with Gasteiger partial charge in [-0.3, -0.25) is 0 Å². The van der Waals surface area contributed by atoms with Gasteiger partial charge in [-0.1, -0.05) is 11.6 Å². The van der Waals surface area contributed by atoms with Crippen LogP contribution in [0.5, 0.6) is 5.75 Å². The number of rotatable bonds is 4. The van der Waals surface area contributed by atoms with Crippen LogP contribution >= 0.6 is 45.5 Å². The van der Waals surface area contributed by atoms with Gasteiger partial charge in [-0.05, 0) is 64.8 Å². The van der Waals surface area contributed by atoms with Crippen LogP contribution in [0.1, 0.15) is 17.2 Å². The zero-order valence-electron chi connectivity index (χ0n) is 10.0. The number of hydrogen-bond donors (Lipinski definition) is 1. The van der Waals surface area contributed by atoms with Crippen molar-refractivity contribution in [1.82, 2.24) is 5.32 Å². The SMILES string of the molecule is CNC(c1csc(I)c1)c1cc(Cl)ccc1OC. The molecule has 1 aromatic heterocycles. The molecule has 2 nitrogen and oxygen atoms in total. The molecule has 96 valence electrons. The molecule has 1 unspecified atom stereocenters. The summed E-state index contributed by atoms with van der Waals surface area (Å²) in [7, 11) is 3.62. The second-order valence-electron chi connectivity index (χ2n) is 3.79. The smallest absolute Gasteiger partial charge is 0.124 e. The second-order valence-corrected chi connectivity index (χ2v) is 7.03. The van der Waals surface area contributed by atoms with Crippen molar-refractivity contribution in [3.8, 4) is 5.75 Å². The summed E-state index contributed by atoms with van der Waals surface area (Å²) in [4.78, 5) is 0. The molecule has 1 heterocycles. The highest BCUT2D eigenvalue weighted by atomic mass is 127. The first-order valence-electron chi connectivity index (χ1n) is 5.40. The first-order valence-corrected chi connectivity index (χ1v) is 7.74. The van der Waals surface area contributed by atoms with E-state index in [0.29, 0.717) is 0 Å². The van der Waals surface area contributed by atoms with Gasteiger partial charge in [-0.15, -0.1) is 11.3 Å². The number of thiophene rings is 1. The third kappa shape index (κ3) is 2.99. The Morgan fingerprint density at radius 3 is 2.72 bits per heavy atom. The van der Waals surface area contributed by atoms with Crippen molar-refractivity contribution >= 4 is 45.5 Å². The van der Waals surface area contributed by atoms with E-state index < -0.39 is 0 Å². The quantitative estimate of drug-likeness (QED) is 0.781. The Labute approximate surface area is 129 Å². The number of halogens is 2. The molecule has 1 atom stereocenters. The highest BCUT2D eigenvalue weighted by Gasteiger charge is 2.18. The fraction of sp³-hybridized carbons (Fsp3) is 0.231. The molecule has 0 aliphatic carbocycles. The van der Waals surface area contributed by atoms with E-state index in [0.717, 1.165) is 16.3 Å². The van der Waals surface area contributed by atoms with Crippen LogP contribution in [-0.2, 0) is 0 Å². The lowest BCUT2D eigenvalue weighted by molar-refractivity contribution is 0.405. The molecule has 2 rings (SSSR count). The Balaban J connectivity index is 2.47. The van der Waals surface area contributed by atoms with Crippen LogP contribution in [0, 0.1) is 2.88 Å². The van der Waals surface area contributed by atoms with Crippen LogP contribution in [0.2, 0.25) is 5.02 Å². The van der Waals surface area contributed by atoms with Gasteiger partial charge in [-0.25, -0.2) is 0 Å². The number of nitrogens with one attached hydrogen (secondary N) is 1. The van der Waals surface area contributed by atoms with Crippen molar-refractivity contribution in [1.29, 1.82) is 0 Å². The maximum absolute atomic E-state index is 6.09. The Morgan fingerprint density at radius 2 is 2.17 bits per heavy atom. The van der Waals surface area contributed by atoms with Crippen molar-refractivity contribution < 1.29 is 4.74 Å². The molecule has 0 radical (unpaired) electrons. The zero-order valence-corrected chi connectivity index (χ0v) is 13.8. The van der Waals surface area contributed by atoms with Gasteiger partial charge in [0, 0.05) is 10.6 Å². The summed E-state index contributed by atoms with van der Waals surface area (Å²) in [5.74, 6) is 0.847. The van der Waals surface area contributed by atoms with E-state index in [1.165, 1.54) is 8.45 Å². The maximum atomic E-state index is 6.09. The fourth-order valence-electron chi connectivity index (χ4n) is 1.91. The molecule has 0 saturated heterocycles. The highest BCUT2D eigenvalue weighted by molar-refractivity contribution is 14.1. The van der Waals surface area contributed by atoms with Crippen LogP contribution in [-0.4, -0.2) is 14.2 Å². The summed E-state index contributed by atoms with van der Waals surface area (Å²) >= 11 is 10.1. The van der Waals surface area contributed by atoms with E-state index in [-0.39, 0.29) is 6.04 Å². The molecule has 2 aromatic rings. The van der Waals surface area contributed by atoms with Crippen LogP contribution in [0.15, 0.2) is 29.6 Å². The number of methoxy groups -OCH3 is 1. The summed E-state index contributed by atoms with van der Waals surface area (Å²) in [5.41, 5.74) is 2.29. The molecule has 18 heavy (non-hydrogen) atoms. The molecular weight excluding hydrogens is 381 g/mol. The van der Waals surface area contributed by atoms with E-state index in [1.54, 1.807) is 18.4 Å². The average Bonchev–Trinajstić information content (AvgIpc) is 2.77. The molecule has 1 aromatic carbocycles. The molecule has 0 aliphatic heterocycles. The van der Waals surface area contributed by atoms with Gasteiger partial charge < -0.3 is 10.1 Å². The van der Waals surface area contributed by atoms with E-state index >= 15 is 0 Å². The van der Waals surface area contributed by atoms with Crippen molar-refractivity contribution in [2.45, 2.75) is 6.04 Å². The molecule has 5 heteroatoms. The van der Waals surface area contributed by atoms with E-state index in [4.69, 9.17) is 16.3 Å². The molecular formula is C13H13ClINOS. The summed E-state index contributed by atoms with van der Waals surface area (Å²) in [6.45, 7) is 0. The molecule has 1 N–H and O–H groups in total. The minimum Gasteiger partial charge on any atom is -0.496 e. The Hall–Kier alpha value is -0.300. The average molecular weight is 394 g/mol. The van der Waals surface area contributed by atoms with Gasteiger partial charge in [0.15, 0.2) is 0 Å². The minimum absolute atomic E-state index is 0.0958. The van der Waals surface area contributed by atoms with Gasteiger partial charge in [0.1, 0.15) is 5.75 Å². The predicted octanol–water partition coefficient (Wildman–Crippen LogP) is 4.32. The van der Waals surface area contributed by atoms with Gasteiger partial charge >= 0.3 is 0 Å². The largest absolute Gasteiger partial charge is 0.496 e. The molecule has 0 aliphatic rings. The summed E-state index contributed by atoms with van der Waals surface area (Å²) in [6.07, 6.45) is 0. The standard InChI is InChI=1S/C13H13ClINOS/c1-16-13(8-5-12(15)18-7-8)10-6-9(14)3-4-11(10)17-2/h3-7,13,16H,1-2H3. The van der Waals surface area contributed by atoms with Crippen molar-refractivity contribution in [2.24, 2.45) is 0 Å². The van der Waals surface area contributed by atoms with Crippen LogP contribution in [0.3, 0.4) is 0 Å². The van der Waals surface area contributed by atoms with Gasteiger partial charge in [0.2, 0.25) is 0 Å². The summed E-state index contributed by atoms with van der Waals surface area (Å²) in [5, 5.41) is 6.19. The van der Waals surface area contributed by atoms with Crippen LogP contribution in [0.4, 0.5) is 0 Å². The number of benzene rings is 1. The zero-order chi connectivity index (χ0) is 13.1. The van der Waals surface area contributed by atoms with E-state index in [9.17, 15) is 0 Å². The monoisotopic (exact) mass is 393 g/mol. The number of hydrogen-bond acceptors (Lipinski definition) is 3. The third-order valence-corrected chi connectivity index (χ3v) is 4.75. The normalized spacial score (nSPS) is 12.4. The number of ether oxygens (including phenoxy) is 1. The van der Waals surface area contributed by atoms with Crippen molar-refractivity contribution in [3.05, 3.63) is 48.7 Å². The summed E-state index contributed by atoms with van der Waals surface area (Å²) in [6, 6.07) is 7.96. The predicted molar refractivity (Wildman–Crippen MR) is 85.9 cm³/mol. The first-order chi connectivity index (χ1) is 8.65. The van der Waals surface area contributed by atoms with E-state index in [1.807, 2.05) is 25.2 Å².